The predicted molar refractivity (Wildman–Crippen MR) is 97.3 cm³/mol. The standard InChI is InChI=1S/C6H14N4O2.C5H11NO2.C3H7NO2/c7-4(5(11)12)2-1-3-10-6(8)9;1-3(2)4(6)5(7)8;1-2(4)3(5)6/h4H,1-3,7H2,(H,11,12)(H4,8,9,10);3-4H,6H2,1-2H3,(H,7,8);2H,4H2,1H3,(H,5,6)/t2*4-;2-/m000/s1. The van der Waals surface area contributed by atoms with Crippen LogP contribution < -0.4 is 28.7 Å². The minimum atomic E-state index is -1.00. The van der Waals surface area contributed by atoms with Crippen molar-refractivity contribution in [3.63, 3.8) is 0 Å². The zero-order chi connectivity index (χ0) is 21.4. The van der Waals surface area contributed by atoms with Crippen molar-refractivity contribution >= 4 is 23.9 Å². The summed E-state index contributed by atoms with van der Waals surface area (Å²) in [6, 6.07) is -2.26. The van der Waals surface area contributed by atoms with Crippen LogP contribution in [0.1, 0.15) is 33.6 Å². The molecule has 154 valence electrons. The number of aliphatic carboxylic acids is 3. The highest BCUT2D eigenvalue weighted by molar-refractivity contribution is 5.75. The van der Waals surface area contributed by atoms with Crippen LogP contribution in [0.3, 0.4) is 0 Å². The molecule has 0 heterocycles. The molecule has 0 aromatic rings. The molecule has 3 atom stereocenters. The van der Waals surface area contributed by atoms with E-state index in [0.717, 1.165) is 0 Å². The van der Waals surface area contributed by atoms with E-state index in [4.69, 9.17) is 44.0 Å². The molecule has 12 nitrogen and oxygen atoms in total. The van der Waals surface area contributed by atoms with Crippen molar-refractivity contribution < 1.29 is 29.7 Å². The summed E-state index contributed by atoms with van der Waals surface area (Å²) in [5.74, 6) is -2.86. The summed E-state index contributed by atoms with van der Waals surface area (Å²) < 4.78 is 0. The molecule has 0 spiro atoms. The molecular formula is C14H32N6O6. The van der Waals surface area contributed by atoms with Crippen LogP contribution in [0.15, 0.2) is 4.99 Å². The lowest BCUT2D eigenvalue weighted by atomic mass is 10.1. The van der Waals surface area contributed by atoms with Gasteiger partial charge < -0.3 is 44.0 Å². The van der Waals surface area contributed by atoms with Gasteiger partial charge in [0.05, 0.1) is 0 Å². The van der Waals surface area contributed by atoms with Gasteiger partial charge in [-0.3, -0.25) is 19.4 Å². The summed E-state index contributed by atoms with van der Waals surface area (Å²) in [4.78, 5) is 33.5. The van der Waals surface area contributed by atoms with E-state index < -0.39 is 36.0 Å². The largest absolute Gasteiger partial charge is 0.480 e. The smallest absolute Gasteiger partial charge is 0.320 e. The highest BCUT2D eigenvalue weighted by Crippen LogP contribution is 1.96. The van der Waals surface area contributed by atoms with Crippen molar-refractivity contribution in [2.75, 3.05) is 6.54 Å². The lowest BCUT2D eigenvalue weighted by Crippen LogP contribution is -2.34. The first-order valence-corrected chi connectivity index (χ1v) is 7.74. The summed E-state index contributed by atoms with van der Waals surface area (Å²) >= 11 is 0. The molecule has 0 rings (SSSR count). The summed E-state index contributed by atoms with van der Waals surface area (Å²) in [6.45, 7) is 5.39. The molecule has 26 heavy (non-hydrogen) atoms. The van der Waals surface area contributed by atoms with Gasteiger partial charge in [0.25, 0.3) is 0 Å². The van der Waals surface area contributed by atoms with Gasteiger partial charge >= 0.3 is 17.9 Å². The van der Waals surface area contributed by atoms with E-state index in [-0.39, 0.29) is 11.9 Å². The number of hydrogen-bond acceptors (Lipinski definition) is 7. The quantitative estimate of drug-likeness (QED) is 0.129. The fourth-order valence-corrected chi connectivity index (χ4v) is 0.928. The van der Waals surface area contributed by atoms with E-state index in [9.17, 15) is 14.4 Å². The molecule has 12 heteroatoms. The van der Waals surface area contributed by atoms with Crippen LogP contribution in [-0.2, 0) is 14.4 Å². The molecule has 0 radical (unpaired) electrons. The Kier molecular flexibility index (Phi) is 17.5. The number of nitrogens with zero attached hydrogens (tertiary/aromatic N) is 1. The third kappa shape index (κ3) is 21.6. The number of nitrogens with two attached hydrogens (primary N) is 5. The fraction of sp³-hybridized carbons (Fsp3) is 0.714. The van der Waals surface area contributed by atoms with Crippen LogP contribution in [-0.4, -0.2) is 63.9 Å². The maximum atomic E-state index is 10.2. The first-order chi connectivity index (χ1) is 11.7. The van der Waals surface area contributed by atoms with Crippen molar-refractivity contribution in [3.8, 4) is 0 Å². The Morgan fingerprint density at radius 1 is 0.885 bits per heavy atom. The Hall–Kier alpha value is -2.44. The Bertz CT molecular complexity index is 451. The topological polar surface area (TPSA) is 254 Å². The molecule has 0 saturated heterocycles. The molecule has 0 unspecified atom stereocenters. The van der Waals surface area contributed by atoms with Gasteiger partial charge in [0.2, 0.25) is 0 Å². The van der Waals surface area contributed by atoms with Crippen LogP contribution in [0.25, 0.3) is 0 Å². The van der Waals surface area contributed by atoms with Crippen LogP contribution in [0.5, 0.6) is 0 Å². The Balaban J connectivity index is -0.000000328. The van der Waals surface area contributed by atoms with Crippen LogP contribution in [0.4, 0.5) is 0 Å². The van der Waals surface area contributed by atoms with E-state index in [0.29, 0.717) is 19.4 Å². The average Bonchev–Trinajstić information content (AvgIpc) is 2.51. The third-order valence-corrected chi connectivity index (χ3v) is 2.68. The van der Waals surface area contributed by atoms with Gasteiger partial charge in [-0.05, 0) is 25.7 Å². The molecule has 0 bridgehead atoms. The summed E-state index contributed by atoms with van der Waals surface area (Å²) in [5, 5.41) is 24.5. The first kappa shape index (κ1) is 28.4. The SMILES string of the molecule is CC(C)[C@H](N)C(=O)O.C[C@H](N)C(=O)O.NC(N)=NCCC[C@H](N)C(=O)O. The minimum absolute atomic E-state index is 0.0129. The van der Waals surface area contributed by atoms with Crippen molar-refractivity contribution in [1.29, 1.82) is 0 Å². The van der Waals surface area contributed by atoms with Gasteiger partial charge in [-0.15, -0.1) is 0 Å². The first-order valence-electron chi connectivity index (χ1n) is 7.74. The lowest BCUT2D eigenvalue weighted by Gasteiger charge is -2.07. The number of rotatable bonds is 8. The van der Waals surface area contributed by atoms with Crippen molar-refractivity contribution in [2.24, 2.45) is 39.6 Å². The number of carboxylic acid groups (broad SMARTS) is 3. The van der Waals surface area contributed by atoms with E-state index in [2.05, 4.69) is 4.99 Å². The number of aliphatic imine (C=N–C) groups is 1. The normalized spacial score (nSPS) is 13.0. The Labute approximate surface area is 152 Å². The summed E-state index contributed by atoms with van der Waals surface area (Å²) in [7, 11) is 0. The number of guanidine groups is 1. The highest BCUT2D eigenvalue weighted by atomic mass is 16.4. The van der Waals surface area contributed by atoms with Crippen molar-refractivity contribution in [2.45, 2.75) is 51.7 Å². The summed E-state index contributed by atoms with van der Waals surface area (Å²) in [6.07, 6.45) is 0.956. The number of hydrogen-bond donors (Lipinski definition) is 8. The number of carbonyl (C=O) groups is 3. The van der Waals surface area contributed by atoms with Gasteiger partial charge in [0.1, 0.15) is 18.1 Å². The monoisotopic (exact) mass is 380 g/mol. The Morgan fingerprint density at radius 2 is 1.31 bits per heavy atom. The van der Waals surface area contributed by atoms with Gasteiger partial charge in [-0.1, -0.05) is 13.8 Å². The van der Waals surface area contributed by atoms with Gasteiger partial charge in [0.15, 0.2) is 5.96 Å². The average molecular weight is 380 g/mol. The van der Waals surface area contributed by atoms with E-state index in [1.807, 2.05) is 0 Å². The summed E-state index contributed by atoms with van der Waals surface area (Å²) in [5.41, 5.74) is 25.3. The molecule has 0 aromatic heterocycles. The highest BCUT2D eigenvalue weighted by Gasteiger charge is 2.14. The van der Waals surface area contributed by atoms with E-state index in [1.54, 1.807) is 13.8 Å². The minimum Gasteiger partial charge on any atom is -0.480 e. The third-order valence-electron chi connectivity index (χ3n) is 2.68. The van der Waals surface area contributed by atoms with Gasteiger partial charge in [-0.2, -0.15) is 0 Å². The zero-order valence-corrected chi connectivity index (χ0v) is 15.3. The van der Waals surface area contributed by atoms with E-state index in [1.165, 1.54) is 6.92 Å². The molecule has 0 amide bonds. The van der Waals surface area contributed by atoms with Crippen molar-refractivity contribution in [3.05, 3.63) is 0 Å². The Morgan fingerprint density at radius 3 is 1.50 bits per heavy atom. The second-order valence-electron chi connectivity index (χ2n) is 5.63. The van der Waals surface area contributed by atoms with Crippen LogP contribution in [0.2, 0.25) is 0 Å². The molecule has 0 aliphatic rings. The fourth-order valence-electron chi connectivity index (χ4n) is 0.928. The van der Waals surface area contributed by atoms with Crippen LogP contribution in [0, 0.1) is 5.92 Å². The van der Waals surface area contributed by atoms with E-state index >= 15 is 0 Å². The molecule has 0 saturated carbocycles. The van der Waals surface area contributed by atoms with Gasteiger partial charge in [-0.25, -0.2) is 0 Å². The zero-order valence-electron chi connectivity index (χ0n) is 15.3. The molecular weight excluding hydrogens is 348 g/mol. The van der Waals surface area contributed by atoms with Crippen LogP contribution >= 0.6 is 0 Å². The number of carboxylic acids is 3. The van der Waals surface area contributed by atoms with Crippen molar-refractivity contribution in [1.82, 2.24) is 0 Å². The van der Waals surface area contributed by atoms with Gasteiger partial charge in [0, 0.05) is 6.54 Å². The maximum absolute atomic E-state index is 10.2. The molecule has 0 aromatic carbocycles. The lowest BCUT2D eigenvalue weighted by molar-refractivity contribution is -0.140. The second-order valence-corrected chi connectivity index (χ2v) is 5.63. The molecule has 0 aliphatic heterocycles. The molecule has 13 N–H and O–H groups in total. The molecule has 0 aliphatic carbocycles. The molecule has 0 fully saturated rings. The maximum Gasteiger partial charge on any atom is 0.320 e. The predicted octanol–water partition coefficient (Wildman–Crippen LogP) is -2.08. The second kappa shape index (κ2) is 16.1.